The van der Waals surface area contributed by atoms with Gasteiger partial charge < -0.3 is 15.5 Å². The average Bonchev–Trinajstić information content (AvgIpc) is 3.05. The summed E-state index contributed by atoms with van der Waals surface area (Å²) in [5.41, 5.74) is 1.53. The fourth-order valence-corrected chi connectivity index (χ4v) is 4.68. The molecule has 2 heterocycles. The van der Waals surface area contributed by atoms with Crippen molar-refractivity contribution >= 4 is 17.7 Å². The van der Waals surface area contributed by atoms with Crippen LogP contribution in [-0.2, 0) is 17.9 Å². The Morgan fingerprint density at radius 3 is 2.55 bits per heavy atom. The minimum atomic E-state index is -1.07. The Labute approximate surface area is 194 Å². The predicted octanol–water partition coefficient (Wildman–Crippen LogP) is 2.80. The highest BCUT2D eigenvalue weighted by Gasteiger charge is 2.46. The average molecular weight is 452 g/mol. The SMILES string of the molecule is Cc1ccccc1CNC(=O)c1cc2n(n1)C[C@@](C)(C(=O)NC1CCCCCC1)N(C)C2=O. The maximum atomic E-state index is 13.3. The van der Waals surface area contributed by atoms with Crippen molar-refractivity contribution in [3.63, 3.8) is 0 Å². The third-order valence-corrected chi connectivity index (χ3v) is 7.11. The van der Waals surface area contributed by atoms with Crippen LogP contribution in [0.15, 0.2) is 30.3 Å². The Morgan fingerprint density at radius 1 is 1.15 bits per heavy atom. The summed E-state index contributed by atoms with van der Waals surface area (Å²) >= 11 is 0. The van der Waals surface area contributed by atoms with Crippen molar-refractivity contribution in [2.75, 3.05) is 7.05 Å². The lowest BCUT2D eigenvalue weighted by molar-refractivity contribution is -0.133. The van der Waals surface area contributed by atoms with E-state index in [2.05, 4.69) is 15.7 Å². The highest BCUT2D eigenvalue weighted by molar-refractivity contribution is 6.01. The summed E-state index contributed by atoms with van der Waals surface area (Å²) in [5, 5.41) is 10.4. The van der Waals surface area contributed by atoms with Gasteiger partial charge >= 0.3 is 0 Å². The van der Waals surface area contributed by atoms with Crippen LogP contribution in [0.2, 0.25) is 0 Å². The van der Waals surface area contributed by atoms with E-state index in [4.69, 9.17) is 0 Å². The zero-order chi connectivity index (χ0) is 23.6. The second-order valence-corrected chi connectivity index (χ2v) is 9.48. The molecule has 2 aromatic rings. The molecule has 3 amide bonds. The second kappa shape index (κ2) is 9.37. The molecule has 8 heteroatoms. The summed E-state index contributed by atoms with van der Waals surface area (Å²) in [4.78, 5) is 40.6. The van der Waals surface area contributed by atoms with Gasteiger partial charge in [0.25, 0.3) is 11.8 Å². The fraction of sp³-hybridized carbons (Fsp3) is 0.520. The summed E-state index contributed by atoms with van der Waals surface area (Å²) in [7, 11) is 1.64. The number of carbonyl (C=O) groups is 3. The Balaban J connectivity index is 1.48. The van der Waals surface area contributed by atoms with E-state index < -0.39 is 5.54 Å². The molecular formula is C25H33N5O3. The molecule has 2 N–H and O–H groups in total. The molecule has 33 heavy (non-hydrogen) atoms. The van der Waals surface area contributed by atoms with Crippen LogP contribution >= 0.6 is 0 Å². The first kappa shape index (κ1) is 23.0. The number of benzene rings is 1. The first-order valence-corrected chi connectivity index (χ1v) is 11.8. The molecule has 1 aliphatic carbocycles. The molecule has 1 atom stereocenters. The first-order chi connectivity index (χ1) is 15.8. The molecule has 1 aromatic heterocycles. The van der Waals surface area contributed by atoms with Crippen LogP contribution in [0.25, 0.3) is 0 Å². The maximum Gasteiger partial charge on any atom is 0.272 e. The minimum absolute atomic E-state index is 0.141. The molecule has 1 fully saturated rings. The van der Waals surface area contributed by atoms with Gasteiger partial charge in [-0.3, -0.25) is 19.1 Å². The van der Waals surface area contributed by atoms with Crippen LogP contribution in [-0.4, -0.2) is 51.0 Å². The van der Waals surface area contributed by atoms with Crippen molar-refractivity contribution in [1.29, 1.82) is 0 Å². The van der Waals surface area contributed by atoms with Gasteiger partial charge in [0.05, 0.1) is 6.54 Å². The number of aromatic nitrogens is 2. The highest BCUT2D eigenvalue weighted by atomic mass is 16.2. The monoisotopic (exact) mass is 451 g/mol. The number of hydrogen-bond donors (Lipinski definition) is 2. The molecule has 1 aromatic carbocycles. The lowest BCUT2D eigenvalue weighted by Gasteiger charge is -2.41. The first-order valence-electron chi connectivity index (χ1n) is 11.8. The van der Waals surface area contributed by atoms with Crippen molar-refractivity contribution in [1.82, 2.24) is 25.3 Å². The molecular weight excluding hydrogens is 418 g/mol. The lowest BCUT2D eigenvalue weighted by atomic mass is 9.95. The summed E-state index contributed by atoms with van der Waals surface area (Å²) in [6.07, 6.45) is 6.57. The van der Waals surface area contributed by atoms with Gasteiger partial charge in [-0.25, -0.2) is 0 Å². The third-order valence-electron chi connectivity index (χ3n) is 7.11. The van der Waals surface area contributed by atoms with E-state index in [0.29, 0.717) is 12.2 Å². The molecule has 176 valence electrons. The lowest BCUT2D eigenvalue weighted by Crippen LogP contribution is -2.63. The van der Waals surface area contributed by atoms with Crippen molar-refractivity contribution in [3.05, 3.63) is 52.8 Å². The Hall–Kier alpha value is -3.16. The van der Waals surface area contributed by atoms with Gasteiger partial charge in [-0.05, 0) is 37.8 Å². The summed E-state index contributed by atoms with van der Waals surface area (Å²) in [6.45, 7) is 4.34. The number of hydrogen-bond acceptors (Lipinski definition) is 4. The summed E-state index contributed by atoms with van der Waals surface area (Å²) in [5.74, 6) is -0.831. The van der Waals surface area contributed by atoms with E-state index in [1.807, 2.05) is 31.2 Å². The molecule has 1 saturated carbocycles. The summed E-state index contributed by atoms with van der Waals surface area (Å²) < 4.78 is 1.50. The Bertz CT molecular complexity index is 1050. The molecule has 0 saturated heterocycles. The number of aryl methyl sites for hydroxylation is 1. The van der Waals surface area contributed by atoms with Crippen LogP contribution < -0.4 is 10.6 Å². The van der Waals surface area contributed by atoms with Crippen LogP contribution in [0.5, 0.6) is 0 Å². The van der Waals surface area contributed by atoms with Crippen LogP contribution in [0.1, 0.15) is 77.6 Å². The summed E-state index contributed by atoms with van der Waals surface area (Å²) in [6, 6.07) is 9.49. The van der Waals surface area contributed by atoms with Gasteiger partial charge in [-0.2, -0.15) is 5.10 Å². The minimum Gasteiger partial charge on any atom is -0.351 e. The number of nitrogens with zero attached hydrogens (tertiary/aromatic N) is 3. The topological polar surface area (TPSA) is 96.3 Å². The standard InChI is InChI=1S/C25H33N5O3/c1-17-10-8-9-11-18(17)15-26-22(31)20-14-21-23(32)29(3)25(2,16-30(21)28-20)24(33)27-19-12-6-4-5-7-13-19/h8-11,14,19H,4-7,12-13,15-16H2,1-3H3,(H,26,31)(H,27,33)/t25-/m0/s1. The van der Waals surface area contributed by atoms with Crippen molar-refractivity contribution in [2.45, 2.75) is 77.0 Å². The molecule has 2 aliphatic rings. The number of carbonyl (C=O) groups excluding carboxylic acids is 3. The quantitative estimate of drug-likeness (QED) is 0.684. The van der Waals surface area contributed by atoms with Crippen molar-refractivity contribution in [3.8, 4) is 0 Å². The van der Waals surface area contributed by atoms with E-state index in [-0.39, 0.29) is 36.0 Å². The van der Waals surface area contributed by atoms with Gasteiger partial charge in [0.15, 0.2) is 5.69 Å². The van der Waals surface area contributed by atoms with Crippen molar-refractivity contribution < 1.29 is 14.4 Å². The smallest absolute Gasteiger partial charge is 0.272 e. The number of amides is 3. The van der Waals surface area contributed by atoms with Gasteiger partial charge in [-0.15, -0.1) is 0 Å². The zero-order valence-electron chi connectivity index (χ0n) is 19.7. The molecule has 8 nitrogen and oxygen atoms in total. The normalized spacial score (nSPS) is 21.3. The molecule has 1 aliphatic heterocycles. The number of likely N-dealkylation sites (N-methyl/N-ethyl adjacent to an activating group) is 1. The maximum absolute atomic E-state index is 13.3. The molecule has 0 radical (unpaired) electrons. The number of nitrogens with one attached hydrogen (secondary N) is 2. The molecule has 0 bridgehead atoms. The fourth-order valence-electron chi connectivity index (χ4n) is 4.68. The van der Waals surface area contributed by atoms with Crippen molar-refractivity contribution in [2.24, 2.45) is 0 Å². The Morgan fingerprint density at radius 2 is 1.85 bits per heavy atom. The molecule has 0 unspecified atom stereocenters. The van der Waals surface area contributed by atoms with E-state index in [1.165, 1.54) is 28.5 Å². The van der Waals surface area contributed by atoms with E-state index in [9.17, 15) is 14.4 Å². The van der Waals surface area contributed by atoms with E-state index in [1.54, 1.807) is 14.0 Å². The third kappa shape index (κ3) is 4.65. The van der Waals surface area contributed by atoms with Gasteiger partial charge in [-0.1, -0.05) is 49.9 Å². The van der Waals surface area contributed by atoms with Gasteiger partial charge in [0.2, 0.25) is 5.91 Å². The largest absolute Gasteiger partial charge is 0.351 e. The predicted molar refractivity (Wildman–Crippen MR) is 125 cm³/mol. The van der Waals surface area contributed by atoms with Gasteiger partial charge in [0, 0.05) is 25.7 Å². The van der Waals surface area contributed by atoms with Gasteiger partial charge in [0.1, 0.15) is 11.2 Å². The number of rotatable bonds is 5. The number of fused-ring (bicyclic) bond motifs is 1. The van der Waals surface area contributed by atoms with E-state index in [0.717, 1.165) is 36.8 Å². The van der Waals surface area contributed by atoms with E-state index >= 15 is 0 Å². The molecule has 4 rings (SSSR count). The zero-order valence-corrected chi connectivity index (χ0v) is 19.7. The van der Waals surface area contributed by atoms with Crippen LogP contribution in [0.3, 0.4) is 0 Å². The van der Waals surface area contributed by atoms with Crippen LogP contribution in [0.4, 0.5) is 0 Å². The highest BCUT2D eigenvalue weighted by Crippen LogP contribution is 2.27. The second-order valence-electron chi connectivity index (χ2n) is 9.48. The Kier molecular flexibility index (Phi) is 6.54. The molecule has 0 spiro atoms. The van der Waals surface area contributed by atoms with Crippen LogP contribution in [0, 0.1) is 6.92 Å².